The van der Waals surface area contributed by atoms with Crippen LogP contribution in [0.15, 0.2) is 39.7 Å². The van der Waals surface area contributed by atoms with Crippen molar-refractivity contribution < 1.29 is 17.6 Å². The number of benzene rings is 2. The molecule has 1 aliphatic heterocycles. The lowest BCUT2D eigenvalue weighted by Gasteiger charge is -2.27. The topological polar surface area (TPSA) is 66.5 Å². The minimum atomic E-state index is -3.47. The number of carbonyl (C=O) groups excluding carboxylic acids is 1. The Hall–Kier alpha value is -1.48. The van der Waals surface area contributed by atoms with Crippen molar-refractivity contribution in [1.82, 2.24) is 10.2 Å². The number of carbonyl (C=O) groups is 1. The number of nitrogens with one attached hydrogen (secondary N) is 1. The predicted octanol–water partition coefficient (Wildman–Crippen LogP) is 4.95. The van der Waals surface area contributed by atoms with Crippen molar-refractivity contribution in [1.29, 1.82) is 0 Å². The number of halogens is 3. The van der Waals surface area contributed by atoms with Crippen LogP contribution in [0.25, 0.3) is 0 Å². The molecule has 0 unspecified atom stereocenters. The monoisotopic (exact) mass is 530 g/mol. The fraction of sp³-hybridized carbons (Fsp3) is 0.409. The quantitative estimate of drug-likeness (QED) is 0.549. The van der Waals surface area contributed by atoms with Crippen LogP contribution in [-0.4, -0.2) is 38.1 Å². The van der Waals surface area contributed by atoms with Crippen LogP contribution in [-0.2, 0) is 22.9 Å². The molecule has 3 rings (SSSR count). The molecule has 2 aromatic rings. The van der Waals surface area contributed by atoms with E-state index >= 15 is 0 Å². The van der Waals surface area contributed by atoms with Gasteiger partial charge in [0.2, 0.25) is 0 Å². The van der Waals surface area contributed by atoms with Gasteiger partial charge in [0.05, 0.1) is 10.6 Å². The smallest absolute Gasteiger partial charge is 0.251 e. The summed E-state index contributed by atoms with van der Waals surface area (Å²) in [6, 6.07) is 7.28. The average Bonchev–Trinajstić information content (AvgIpc) is 2.75. The second-order valence-corrected chi connectivity index (χ2v) is 11.1. The van der Waals surface area contributed by atoms with E-state index in [4.69, 9.17) is 11.6 Å². The summed E-state index contributed by atoms with van der Waals surface area (Å²) in [6.07, 6.45) is 3.42. The van der Waals surface area contributed by atoms with E-state index in [0.29, 0.717) is 27.2 Å². The summed E-state index contributed by atoms with van der Waals surface area (Å²) in [5, 5.41) is 3.04. The molecular formula is C22H25BrClFN2O3S. The maximum absolute atomic E-state index is 14.8. The average molecular weight is 532 g/mol. The molecule has 0 aromatic heterocycles. The minimum absolute atomic E-state index is 0.0390. The predicted molar refractivity (Wildman–Crippen MR) is 124 cm³/mol. The summed E-state index contributed by atoms with van der Waals surface area (Å²) in [4.78, 5) is 15.0. The third-order valence-electron chi connectivity index (χ3n) is 5.41. The summed E-state index contributed by atoms with van der Waals surface area (Å²) in [5.74, 6) is -1.00. The van der Waals surface area contributed by atoms with Gasteiger partial charge >= 0.3 is 0 Å². The first-order chi connectivity index (χ1) is 14.7. The molecule has 1 N–H and O–H groups in total. The molecule has 5 nitrogen and oxygen atoms in total. The van der Waals surface area contributed by atoms with Gasteiger partial charge in [0.1, 0.15) is 5.82 Å². The molecule has 0 radical (unpaired) electrons. The number of nitrogens with zero attached hydrogens (tertiary/aromatic N) is 1. The maximum atomic E-state index is 14.8. The zero-order valence-corrected chi connectivity index (χ0v) is 20.4. The second-order valence-electron chi connectivity index (χ2n) is 7.59. The van der Waals surface area contributed by atoms with Crippen LogP contribution in [0.4, 0.5) is 4.39 Å². The molecule has 31 heavy (non-hydrogen) atoms. The van der Waals surface area contributed by atoms with Crippen LogP contribution in [0.3, 0.4) is 0 Å². The number of hydrogen-bond acceptors (Lipinski definition) is 4. The largest absolute Gasteiger partial charge is 0.348 e. The number of sulfone groups is 1. The van der Waals surface area contributed by atoms with Crippen LogP contribution in [0.5, 0.6) is 0 Å². The van der Waals surface area contributed by atoms with Gasteiger partial charge in [-0.3, -0.25) is 9.69 Å². The van der Waals surface area contributed by atoms with E-state index in [9.17, 15) is 17.6 Å². The first kappa shape index (κ1) is 24.2. The van der Waals surface area contributed by atoms with Crippen molar-refractivity contribution in [2.45, 2.75) is 44.2 Å². The molecule has 0 atom stereocenters. The summed E-state index contributed by atoms with van der Waals surface area (Å²) < 4.78 is 40.0. The van der Waals surface area contributed by atoms with Crippen LogP contribution in [0.2, 0.25) is 5.02 Å². The van der Waals surface area contributed by atoms with Crippen molar-refractivity contribution in [2.24, 2.45) is 0 Å². The second kappa shape index (κ2) is 10.4. The van der Waals surface area contributed by atoms with Crippen molar-refractivity contribution in [3.05, 3.63) is 62.3 Å². The number of hydrogen-bond donors (Lipinski definition) is 1. The Labute approximate surface area is 196 Å². The van der Waals surface area contributed by atoms with E-state index in [-0.39, 0.29) is 22.8 Å². The number of likely N-dealkylation sites (tertiary alicyclic amines) is 1. The fourth-order valence-electron chi connectivity index (χ4n) is 3.65. The molecule has 1 saturated heterocycles. The molecule has 168 valence electrons. The standard InChI is InChI=1S/C22H25BrClFN2O3S/c1-2-31(29,30)21-7-6-17(24)10-16(21)13-26-22(28)15-11-19(23)18(20(25)12-15)14-27-8-4-3-5-9-27/h6-7,10-12H,2-5,8-9,13-14H2,1H3,(H,26,28). The van der Waals surface area contributed by atoms with Crippen molar-refractivity contribution in [3.8, 4) is 0 Å². The summed E-state index contributed by atoms with van der Waals surface area (Å²) >= 11 is 9.42. The first-order valence-electron chi connectivity index (χ1n) is 10.2. The highest BCUT2D eigenvalue weighted by Gasteiger charge is 2.20. The van der Waals surface area contributed by atoms with E-state index in [0.717, 1.165) is 25.9 Å². The van der Waals surface area contributed by atoms with E-state index < -0.39 is 21.6 Å². The van der Waals surface area contributed by atoms with Gasteiger partial charge in [0.15, 0.2) is 9.84 Å². The van der Waals surface area contributed by atoms with Crippen molar-refractivity contribution in [3.63, 3.8) is 0 Å². The van der Waals surface area contributed by atoms with Gasteiger partial charge in [-0.25, -0.2) is 12.8 Å². The van der Waals surface area contributed by atoms with Gasteiger partial charge in [0, 0.05) is 33.7 Å². The van der Waals surface area contributed by atoms with Crippen molar-refractivity contribution >= 4 is 43.3 Å². The SMILES string of the molecule is CCS(=O)(=O)c1ccc(Cl)cc1CNC(=O)c1cc(F)c(CN2CCCCC2)c(Br)c1. The Morgan fingerprint density at radius 2 is 1.90 bits per heavy atom. The molecule has 9 heteroatoms. The molecule has 0 aliphatic carbocycles. The molecule has 1 amide bonds. The zero-order chi connectivity index (χ0) is 22.6. The molecule has 0 spiro atoms. The summed E-state index contributed by atoms with van der Waals surface area (Å²) in [6.45, 7) is 3.89. The molecule has 2 aromatic carbocycles. The molecular weight excluding hydrogens is 507 g/mol. The van der Waals surface area contributed by atoms with E-state index in [1.54, 1.807) is 13.0 Å². The summed E-state index contributed by atoms with van der Waals surface area (Å²) in [7, 11) is -3.47. The Morgan fingerprint density at radius 1 is 1.19 bits per heavy atom. The molecule has 1 aliphatic rings. The highest BCUT2D eigenvalue weighted by Crippen LogP contribution is 2.26. The summed E-state index contributed by atoms with van der Waals surface area (Å²) in [5.41, 5.74) is 1.09. The third-order valence-corrected chi connectivity index (χ3v) is 8.18. The number of rotatable bonds is 7. The zero-order valence-electron chi connectivity index (χ0n) is 17.3. The Bertz CT molecular complexity index is 1050. The van der Waals surface area contributed by atoms with Gasteiger partial charge in [-0.1, -0.05) is 40.9 Å². The number of amides is 1. The van der Waals surface area contributed by atoms with E-state index in [2.05, 4.69) is 26.1 Å². The lowest BCUT2D eigenvalue weighted by Crippen LogP contribution is -2.30. The van der Waals surface area contributed by atoms with Crippen molar-refractivity contribution in [2.75, 3.05) is 18.8 Å². The Morgan fingerprint density at radius 3 is 2.55 bits per heavy atom. The van der Waals surface area contributed by atoms with Gasteiger partial charge in [0.25, 0.3) is 5.91 Å². The third kappa shape index (κ3) is 6.06. The van der Waals surface area contributed by atoms with Crippen LogP contribution < -0.4 is 5.32 Å². The Kier molecular flexibility index (Phi) is 8.13. The van der Waals surface area contributed by atoms with Gasteiger partial charge in [-0.2, -0.15) is 0 Å². The maximum Gasteiger partial charge on any atom is 0.251 e. The molecule has 0 bridgehead atoms. The lowest BCUT2D eigenvalue weighted by atomic mass is 10.1. The van der Waals surface area contributed by atoms with Crippen LogP contribution in [0.1, 0.15) is 47.7 Å². The van der Waals surface area contributed by atoms with Crippen LogP contribution >= 0.6 is 27.5 Å². The first-order valence-corrected chi connectivity index (χ1v) is 13.0. The molecule has 1 heterocycles. The normalized spacial score (nSPS) is 15.1. The highest BCUT2D eigenvalue weighted by atomic mass is 79.9. The molecule has 0 saturated carbocycles. The van der Waals surface area contributed by atoms with Gasteiger partial charge < -0.3 is 5.32 Å². The van der Waals surface area contributed by atoms with E-state index in [1.807, 2.05) is 0 Å². The minimum Gasteiger partial charge on any atom is -0.348 e. The van der Waals surface area contributed by atoms with Gasteiger partial charge in [-0.05, 0) is 61.8 Å². The van der Waals surface area contributed by atoms with E-state index in [1.165, 1.54) is 30.7 Å². The highest BCUT2D eigenvalue weighted by molar-refractivity contribution is 9.10. The van der Waals surface area contributed by atoms with Crippen LogP contribution in [0, 0.1) is 5.82 Å². The fourth-order valence-corrected chi connectivity index (χ4v) is 5.52. The lowest BCUT2D eigenvalue weighted by molar-refractivity contribution is 0.0950. The number of piperidine rings is 1. The molecule has 1 fully saturated rings. The Balaban J connectivity index is 1.75. The van der Waals surface area contributed by atoms with Gasteiger partial charge in [-0.15, -0.1) is 0 Å².